The summed E-state index contributed by atoms with van der Waals surface area (Å²) in [5, 5.41) is 7.13. The summed E-state index contributed by atoms with van der Waals surface area (Å²) in [6, 6.07) is 23.1. The van der Waals surface area contributed by atoms with E-state index in [0.717, 1.165) is 27.9 Å². The number of hydrogen-bond acceptors (Lipinski definition) is 4. The van der Waals surface area contributed by atoms with E-state index in [9.17, 15) is 4.79 Å². The van der Waals surface area contributed by atoms with E-state index in [1.54, 1.807) is 18.0 Å². The van der Waals surface area contributed by atoms with Crippen molar-refractivity contribution in [2.24, 2.45) is 10.7 Å². The molecular formula is C25H24ClN5OS. The van der Waals surface area contributed by atoms with Gasteiger partial charge >= 0.3 is 0 Å². The molecule has 1 aliphatic heterocycles. The fourth-order valence-corrected chi connectivity index (χ4v) is 4.05. The Labute approximate surface area is 203 Å². The molecule has 33 heavy (non-hydrogen) atoms. The number of amides is 1. The Morgan fingerprint density at radius 3 is 2.61 bits per heavy atom. The van der Waals surface area contributed by atoms with Crippen molar-refractivity contribution < 1.29 is 4.79 Å². The van der Waals surface area contributed by atoms with Crippen LogP contribution < -0.4 is 21.3 Å². The van der Waals surface area contributed by atoms with Crippen LogP contribution >= 0.6 is 23.8 Å². The molecule has 168 valence electrons. The minimum absolute atomic E-state index is 0.223. The van der Waals surface area contributed by atoms with Gasteiger partial charge in [0.2, 0.25) is 6.17 Å². The summed E-state index contributed by atoms with van der Waals surface area (Å²) in [4.78, 5) is 19.7. The smallest absolute Gasteiger partial charge is 0.272 e. The maximum atomic E-state index is 13.3. The molecule has 0 radical (unpaired) electrons. The van der Waals surface area contributed by atoms with Crippen LogP contribution in [-0.4, -0.2) is 29.9 Å². The summed E-state index contributed by atoms with van der Waals surface area (Å²) in [6.45, 7) is 0.975. The molecular weight excluding hydrogens is 454 g/mol. The highest BCUT2D eigenvalue weighted by atomic mass is 35.5. The summed E-state index contributed by atoms with van der Waals surface area (Å²) in [7, 11) is 1.72. The molecule has 0 aliphatic carbocycles. The van der Waals surface area contributed by atoms with Gasteiger partial charge in [0.25, 0.3) is 5.91 Å². The average molecular weight is 478 g/mol. The van der Waals surface area contributed by atoms with Gasteiger partial charge in [-0.25, -0.2) is 4.99 Å². The number of anilines is 1. The molecule has 4 N–H and O–H groups in total. The number of likely N-dealkylation sites (N-methyl/N-ethyl adjacent to an activating group) is 1. The van der Waals surface area contributed by atoms with Crippen molar-refractivity contribution >= 4 is 46.2 Å². The van der Waals surface area contributed by atoms with Crippen LogP contribution in [0.3, 0.4) is 0 Å². The van der Waals surface area contributed by atoms with Gasteiger partial charge in [0.15, 0.2) is 5.11 Å². The molecule has 6 nitrogen and oxygen atoms in total. The molecule has 0 saturated heterocycles. The molecule has 4 rings (SSSR count). The van der Waals surface area contributed by atoms with E-state index in [4.69, 9.17) is 34.5 Å². The van der Waals surface area contributed by atoms with Crippen LogP contribution in [0.4, 0.5) is 5.69 Å². The molecule has 1 atom stereocenters. The predicted octanol–water partition coefficient (Wildman–Crippen LogP) is 3.60. The third-order valence-electron chi connectivity index (χ3n) is 5.39. The van der Waals surface area contributed by atoms with Crippen LogP contribution in [0.1, 0.15) is 22.3 Å². The molecule has 3 aromatic carbocycles. The van der Waals surface area contributed by atoms with Crippen molar-refractivity contribution in [3.05, 3.63) is 100 Å². The fourth-order valence-electron chi connectivity index (χ4n) is 3.69. The number of carbonyl (C=O) groups excluding carboxylic acids is 1. The monoisotopic (exact) mass is 477 g/mol. The second-order valence-corrected chi connectivity index (χ2v) is 8.50. The van der Waals surface area contributed by atoms with Gasteiger partial charge in [-0.2, -0.15) is 0 Å². The molecule has 0 saturated carbocycles. The first-order valence-corrected chi connectivity index (χ1v) is 11.3. The minimum Gasteiger partial charge on any atom is -0.359 e. The summed E-state index contributed by atoms with van der Waals surface area (Å²) in [5.74, 6) is -0.223. The molecule has 1 heterocycles. The lowest BCUT2D eigenvalue weighted by Crippen LogP contribution is -2.49. The van der Waals surface area contributed by atoms with Crippen LogP contribution in [0.5, 0.6) is 0 Å². The fraction of sp³-hybridized carbons (Fsp3) is 0.160. The third-order valence-corrected chi connectivity index (χ3v) is 5.89. The third kappa shape index (κ3) is 5.22. The highest BCUT2D eigenvalue weighted by Gasteiger charge is 2.30. The predicted molar refractivity (Wildman–Crippen MR) is 138 cm³/mol. The molecule has 1 aliphatic rings. The van der Waals surface area contributed by atoms with E-state index in [1.807, 2.05) is 66.7 Å². The summed E-state index contributed by atoms with van der Waals surface area (Å²) >= 11 is 11.8. The van der Waals surface area contributed by atoms with Crippen molar-refractivity contribution in [3.63, 3.8) is 0 Å². The second-order valence-electron chi connectivity index (χ2n) is 7.66. The molecule has 1 amide bonds. The number of benzodiazepines with no additional fused rings is 1. The van der Waals surface area contributed by atoms with E-state index in [1.165, 1.54) is 0 Å². The first-order valence-electron chi connectivity index (χ1n) is 10.5. The molecule has 0 fully saturated rings. The molecule has 3 aromatic rings. The van der Waals surface area contributed by atoms with Gasteiger partial charge < -0.3 is 21.3 Å². The maximum absolute atomic E-state index is 13.3. The highest BCUT2D eigenvalue weighted by molar-refractivity contribution is 7.80. The van der Waals surface area contributed by atoms with Crippen LogP contribution in [0.15, 0.2) is 77.8 Å². The van der Waals surface area contributed by atoms with Crippen molar-refractivity contribution in [1.82, 2.24) is 10.6 Å². The molecule has 0 bridgehead atoms. The zero-order valence-electron chi connectivity index (χ0n) is 18.1. The highest BCUT2D eigenvalue weighted by Crippen LogP contribution is 2.29. The van der Waals surface area contributed by atoms with Crippen LogP contribution in [0.2, 0.25) is 5.02 Å². The van der Waals surface area contributed by atoms with Crippen LogP contribution in [0.25, 0.3) is 0 Å². The van der Waals surface area contributed by atoms with Gasteiger partial charge in [0, 0.05) is 36.3 Å². The lowest BCUT2D eigenvalue weighted by atomic mass is 10.0. The first-order chi connectivity index (χ1) is 16.0. The minimum atomic E-state index is -0.897. The topological polar surface area (TPSA) is 82.8 Å². The largest absolute Gasteiger partial charge is 0.359 e. The second kappa shape index (κ2) is 10.1. The van der Waals surface area contributed by atoms with Gasteiger partial charge in [0.1, 0.15) is 0 Å². The number of nitrogens with one attached hydrogen (secondary N) is 2. The Hall–Kier alpha value is -3.26. The number of rotatable bonds is 5. The zero-order chi connectivity index (χ0) is 23.4. The first kappa shape index (κ1) is 22.9. The number of carbonyl (C=O) groups is 1. The van der Waals surface area contributed by atoms with Gasteiger partial charge in [-0.3, -0.25) is 4.79 Å². The number of thiocarbonyl (C=S) groups is 1. The Balaban J connectivity index is 1.61. The standard InChI is InChI=1S/C25H24ClN5OS/c1-31-21-11-10-19(26)13-20(21)22(18-8-3-2-4-9-18)29-23(24(31)32)30-25(33)28-15-17-7-5-6-16(12-17)14-27/h2-13,23H,14-15,27H2,1H3,(H2,28,30,33). The SMILES string of the molecule is CN1C(=O)C(NC(=S)NCc2cccc(CN)c2)N=C(c2ccccc2)c2cc(Cl)ccc21. The van der Waals surface area contributed by atoms with Gasteiger partial charge in [-0.1, -0.05) is 66.2 Å². The van der Waals surface area contributed by atoms with Crippen LogP contribution in [0, 0.1) is 0 Å². The van der Waals surface area contributed by atoms with Crippen molar-refractivity contribution in [3.8, 4) is 0 Å². The van der Waals surface area contributed by atoms with Crippen LogP contribution in [-0.2, 0) is 17.9 Å². The maximum Gasteiger partial charge on any atom is 0.272 e. The van der Waals surface area contributed by atoms with Gasteiger partial charge in [0.05, 0.1) is 11.4 Å². The van der Waals surface area contributed by atoms with Gasteiger partial charge in [-0.05, 0) is 41.5 Å². The lowest BCUT2D eigenvalue weighted by Gasteiger charge is -2.22. The van der Waals surface area contributed by atoms with E-state index < -0.39 is 6.17 Å². The number of benzene rings is 3. The number of halogens is 1. The van der Waals surface area contributed by atoms with E-state index in [0.29, 0.717) is 28.9 Å². The Kier molecular flexibility index (Phi) is 7.03. The summed E-state index contributed by atoms with van der Waals surface area (Å²) in [5.41, 5.74) is 10.9. The molecule has 0 aromatic heterocycles. The lowest BCUT2D eigenvalue weighted by molar-refractivity contribution is -0.119. The van der Waals surface area contributed by atoms with Crippen molar-refractivity contribution in [2.75, 3.05) is 11.9 Å². The normalized spacial score (nSPS) is 15.4. The molecule has 1 unspecified atom stereocenters. The number of hydrogen-bond donors (Lipinski definition) is 3. The molecule has 0 spiro atoms. The number of fused-ring (bicyclic) bond motifs is 1. The summed E-state index contributed by atoms with van der Waals surface area (Å²) in [6.07, 6.45) is -0.897. The number of nitrogens with two attached hydrogens (primary N) is 1. The van der Waals surface area contributed by atoms with Gasteiger partial charge in [-0.15, -0.1) is 0 Å². The quantitative estimate of drug-likeness (QED) is 0.489. The molecule has 8 heteroatoms. The zero-order valence-corrected chi connectivity index (χ0v) is 19.7. The Morgan fingerprint density at radius 2 is 1.85 bits per heavy atom. The van der Waals surface area contributed by atoms with Crippen molar-refractivity contribution in [1.29, 1.82) is 0 Å². The Morgan fingerprint density at radius 1 is 1.09 bits per heavy atom. The van der Waals surface area contributed by atoms with E-state index in [-0.39, 0.29) is 5.91 Å². The number of aliphatic imine (C=N–C) groups is 1. The van der Waals surface area contributed by atoms with E-state index >= 15 is 0 Å². The number of nitrogens with zero attached hydrogens (tertiary/aromatic N) is 2. The average Bonchev–Trinajstić information content (AvgIpc) is 2.93. The van der Waals surface area contributed by atoms with E-state index in [2.05, 4.69) is 10.6 Å². The Bertz CT molecular complexity index is 1210. The summed E-state index contributed by atoms with van der Waals surface area (Å²) < 4.78 is 0. The van der Waals surface area contributed by atoms with Crippen molar-refractivity contribution in [2.45, 2.75) is 19.3 Å².